The molecular formula is C14H24N2OS. The van der Waals surface area contributed by atoms with Crippen molar-refractivity contribution in [2.24, 2.45) is 17.1 Å². The first kappa shape index (κ1) is 13.8. The molecule has 0 radical (unpaired) electrons. The number of carbonyl (C=O) groups is 1. The van der Waals surface area contributed by atoms with Crippen LogP contribution < -0.4 is 5.73 Å². The van der Waals surface area contributed by atoms with Crippen LogP contribution in [-0.2, 0) is 4.79 Å². The van der Waals surface area contributed by atoms with Gasteiger partial charge in [-0.05, 0) is 38.5 Å². The first-order chi connectivity index (χ1) is 8.60. The van der Waals surface area contributed by atoms with Gasteiger partial charge in [0.25, 0.3) is 0 Å². The monoisotopic (exact) mass is 268 g/mol. The van der Waals surface area contributed by atoms with Crippen molar-refractivity contribution in [3.63, 3.8) is 0 Å². The van der Waals surface area contributed by atoms with E-state index in [9.17, 15) is 4.79 Å². The third-order valence-corrected chi connectivity index (χ3v) is 5.10. The van der Waals surface area contributed by atoms with Gasteiger partial charge in [0.05, 0.1) is 10.4 Å². The summed E-state index contributed by atoms with van der Waals surface area (Å²) in [6.45, 7) is 3.73. The van der Waals surface area contributed by atoms with Gasteiger partial charge in [-0.3, -0.25) is 4.79 Å². The Morgan fingerprint density at radius 2 is 1.94 bits per heavy atom. The molecule has 0 aromatic carbocycles. The quantitative estimate of drug-likeness (QED) is 0.779. The first-order valence-corrected chi connectivity index (χ1v) is 7.60. The summed E-state index contributed by atoms with van der Waals surface area (Å²) < 4.78 is 0. The second-order valence-corrected chi connectivity index (χ2v) is 6.23. The van der Waals surface area contributed by atoms with E-state index >= 15 is 0 Å². The molecule has 2 saturated carbocycles. The highest BCUT2D eigenvalue weighted by Crippen LogP contribution is 2.40. The van der Waals surface area contributed by atoms with Crippen LogP contribution in [0.2, 0.25) is 0 Å². The molecule has 3 nitrogen and oxygen atoms in total. The van der Waals surface area contributed by atoms with Crippen LogP contribution in [0.1, 0.15) is 51.9 Å². The SMILES string of the molecule is CCN(CC1CCC1)C(=O)C1(C(N)=S)CCCC1. The molecule has 2 fully saturated rings. The molecule has 2 aliphatic rings. The van der Waals surface area contributed by atoms with Gasteiger partial charge in [0, 0.05) is 13.1 Å². The summed E-state index contributed by atoms with van der Waals surface area (Å²) in [6.07, 6.45) is 7.70. The van der Waals surface area contributed by atoms with Crippen LogP contribution in [-0.4, -0.2) is 28.9 Å². The Bertz CT molecular complexity index is 333. The molecule has 4 heteroatoms. The highest BCUT2D eigenvalue weighted by molar-refractivity contribution is 7.80. The standard InChI is InChI=1S/C14H24N2OS/c1-2-16(10-11-6-5-7-11)13(17)14(12(15)18)8-3-4-9-14/h11H,2-10H2,1H3,(H2,15,18). The van der Waals surface area contributed by atoms with Crippen LogP contribution >= 0.6 is 12.2 Å². The Hall–Kier alpha value is -0.640. The number of thiocarbonyl (C=S) groups is 1. The summed E-state index contributed by atoms with van der Waals surface area (Å²) >= 11 is 5.20. The second kappa shape index (κ2) is 5.55. The molecule has 0 spiro atoms. The van der Waals surface area contributed by atoms with Gasteiger partial charge < -0.3 is 10.6 Å². The average Bonchev–Trinajstić information content (AvgIpc) is 2.77. The van der Waals surface area contributed by atoms with Crippen molar-refractivity contribution in [2.75, 3.05) is 13.1 Å². The lowest BCUT2D eigenvalue weighted by molar-refractivity contribution is -0.139. The molecular weight excluding hydrogens is 244 g/mol. The third-order valence-electron chi connectivity index (χ3n) is 4.71. The van der Waals surface area contributed by atoms with Crippen LogP contribution in [0.4, 0.5) is 0 Å². The lowest BCUT2D eigenvalue weighted by Crippen LogP contribution is -2.50. The van der Waals surface area contributed by atoms with Crippen LogP contribution in [0, 0.1) is 11.3 Å². The van der Waals surface area contributed by atoms with Gasteiger partial charge in [0.15, 0.2) is 0 Å². The van der Waals surface area contributed by atoms with Gasteiger partial charge in [0.1, 0.15) is 0 Å². The molecule has 2 rings (SSSR count). The molecule has 0 aromatic heterocycles. The summed E-state index contributed by atoms with van der Waals surface area (Å²) in [5.74, 6) is 0.903. The second-order valence-electron chi connectivity index (χ2n) is 5.79. The molecule has 0 atom stereocenters. The lowest BCUT2D eigenvalue weighted by Gasteiger charge is -2.37. The molecule has 0 unspecified atom stereocenters. The predicted octanol–water partition coefficient (Wildman–Crippen LogP) is 2.48. The minimum atomic E-state index is -0.519. The van der Waals surface area contributed by atoms with Crippen LogP contribution in [0.5, 0.6) is 0 Å². The molecule has 102 valence electrons. The highest BCUT2D eigenvalue weighted by Gasteiger charge is 2.46. The fourth-order valence-corrected chi connectivity index (χ4v) is 3.48. The largest absolute Gasteiger partial charge is 0.392 e. The predicted molar refractivity (Wildman–Crippen MR) is 77.3 cm³/mol. The molecule has 18 heavy (non-hydrogen) atoms. The van der Waals surface area contributed by atoms with Gasteiger partial charge in [0.2, 0.25) is 5.91 Å². The molecule has 0 heterocycles. The maximum Gasteiger partial charge on any atom is 0.235 e. The Balaban J connectivity index is 2.08. The maximum absolute atomic E-state index is 12.8. The summed E-state index contributed by atoms with van der Waals surface area (Å²) in [5, 5.41) is 0. The van der Waals surface area contributed by atoms with E-state index in [4.69, 9.17) is 18.0 Å². The third kappa shape index (κ3) is 2.40. The lowest BCUT2D eigenvalue weighted by atomic mass is 9.82. The topological polar surface area (TPSA) is 46.3 Å². The van der Waals surface area contributed by atoms with Crippen molar-refractivity contribution in [1.82, 2.24) is 4.90 Å². The number of hydrogen-bond acceptors (Lipinski definition) is 2. The zero-order valence-electron chi connectivity index (χ0n) is 11.3. The minimum absolute atomic E-state index is 0.196. The van der Waals surface area contributed by atoms with E-state index < -0.39 is 5.41 Å². The number of nitrogens with two attached hydrogens (primary N) is 1. The Kier molecular flexibility index (Phi) is 4.25. The molecule has 2 aliphatic carbocycles. The van der Waals surface area contributed by atoms with E-state index in [2.05, 4.69) is 6.92 Å². The number of rotatable bonds is 5. The van der Waals surface area contributed by atoms with Crippen molar-refractivity contribution in [2.45, 2.75) is 51.9 Å². The van der Waals surface area contributed by atoms with Crippen molar-refractivity contribution < 1.29 is 4.79 Å². The van der Waals surface area contributed by atoms with Crippen LogP contribution in [0.3, 0.4) is 0 Å². The van der Waals surface area contributed by atoms with E-state index in [-0.39, 0.29) is 5.91 Å². The smallest absolute Gasteiger partial charge is 0.235 e. The van der Waals surface area contributed by atoms with Crippen LogP contribution in [0.15, 0.2) is 0 Å². The number of nitrogens with zero attached hydrogens (tertiary/aromatic N) is 1. The van der Waals surface area contributed by atoms with E-state index in [0.717, 1.165) is 38.8 Å². The Labute approximate surface area is 115 Å². The summed E-state index contributed by atoms with van der Waals surface area (Å²) in [5.41, 5.74) is 5.37. The fraction of sp³-hybridized carbons (Fsp3) is 0.857. The molecule has 0 bridgehead atoms. The molecule has 0 aromatic rings. The zero-order valence-corrected chi connectivity index (χ0v) is 12.1. The van der Waals surface area contributed by atoms with Crippen molar-refractivity contribution >= 4 is 23.1 Å². The van der Waals surface area contributed by atoms with Crippen LogP contribution in [0.25, 0.3) is 0 Å². The summed E-state index contributed by atoms with van der Waals surface area (Å²) in [6, 6.07) is 0. The summed E-state index contributed by atoms with van der Waals surface area (Å²) in [4.78, 5) is 15.2. The van der Waals surface area contributed by atoms with E-state index in [1.807, 2.05) is 4.90 Å². The van der Waals surface area contributed by atoms with Crippen molar-refractivity contribution in [3.05, 3.63) is 0 Å². The fourth-order valence-electron chi connectivity index (χ4n) is 3.19. The van der Waals surface area contributed by atoms with Crippen molar-refractivity contribution in [3.8, 4) is 0 Å². The number of hydrogen-bond donors (Lipinski definition) is 1. The van der Waals surface area contributed by atoms with E-state index in [0.29, 0.717) is 10.9 Å². The molecule has 2 N–H and O–H groups in total. The summed E-state index contributed by atoms with van der Waals surface area (Å²) in [7, 11) is 0. The average molecular weight is 268 g/mol. The number of carbonyl (C=O) groups excluding carboxylic acids is 1. The van der Waals surface area contributed by atoms with Gasteiger partial charge in [-0.1, -0.05) is 31.5 Å². The molecule has 0 saturated heterocycles. The van der Waals surface area contributed by atoms with E-state index in [1.165, 1.54) is 19.3 Å². The van der Waals surface area contributed by atoms with Crippen molar-refractivity contribution in [1.29, 1.82) is 0 Å². The normalized spacial score (nSPS) is 22.5. The first-order valence-electron chi connectivity index (χ1n) is 7.19. The number of amides is 1. The highest BCUT2D eigenvalue weighted by atomic mass is 32.1. The van der Waals surface area contributed by atoms with Gasteiger partial charge in [-0.2, -0.15) is 0 Å². The van der Waals surface area contributed by atoms with E-state index in [1.54, 1.807) is 0 Å². The van der Waals surface area contributed by atoms with Gasteiger partial charge in [-0.15, -0.1) is 0 Å². The maximum atomic E-state index is 12.8. The molecule has 1 amide bonds. The van der Waals surface area contributed by atoms with Gasteiger partial charge in [-0.25, -0.2) is 0 Å². The molecule has 0 aliphatic heterocycles. The Morgan fingerprint density at radius 3 is 2.33 bits per heavy atom. The van der Waals surface area contributed by atoms with Gasteiger partial charge >= 0.3 is 0 Å². The minimum Gasteiger partial charge on any atom is -0.392 e. The Morgan fingerprint density at radius 1 is 1.33 bits per heavy atom. The zero-order chi connectivity index (χ0) is 13.2.